The molecule has 0 saturated heterocycles. The van der Waals surface area contributed by atoms with E-state index in [1.807, 2.05) is 16.8 Å². The van der Waals surface area contributed by atoms with Gasteiger partial charge in [0.2, 0.25) is 0 Å². The average molecular weight is 388 g/mol. The summed E-state index contributed by atoms with van der Waals surface area (Å²) in [5.41, 5.74) is 1.15. The number of ketones is 1. The van der Waals surface area contributed by atoms with E-state index in [1.54, 1.807) is 24.3 Å². The Labute approximate surface area is 160 Å². The van der Waals surface area contributed by atoms with Crippen LogP contribution in [0.15, 0.2) is 53.2 Å². The minimum Gasteiger partial charge on any atom is -0.483 e. The molecule has 0 fully saturated rings. The highest BCUT2D eigenvalue weighted by molar-refractivity contribution is 7.08. The second kappa shape index (κ2) is 8.77. The number of rotatable bonds is 8. The largest absolute Gasteiger partial charge is 0.483 e. The van der Waals surface area contributed by atoms with Gasteiger partial charge in [0.15, 0.2) is 17.4 Å². The molecule has 1 heterocycles. The van der Waals surface area contributed by atoms with Gasteiger partial charge in [-0.3, -0.25) is 0 Å². The third-order valence-corrected chi connectivity index (χ3v) is 4.50. The maximum Gasteiger partial charge on any atom is 0.191 e. The molecular formula is C21H18F2O3S. The van der Waals surface area contributed by atoms with Crippen LogP contribution in [0.25, 0.3) is 0 Å². The van der Waals surface area contributed by atoms with Crippen LogP contribution in [0, 0.1) is 11.6 Å². The molecule has 0 N–H and O–H groups in total. The lowest BCUT2D eigenvalue weighted by Gasteiger charge is -2.11. The minimum absolute atomic E-state index is 0.00146. The number of hydrogen-bond donors (Lipinski definition) is 0. The normalized spacial score (nSPS) is 10.6. The van der Waals surface area contributed by atoms with Crippen molar-refractivity contribution in [1.29, 1.82) is 0 Å². The molecule has 2 aromatic carbocycles. The Balaban J connectivity index is 1.66. The van der Waals surface area contributed by atoms with Crippen LogP contribution in [0.3, 0.4) is 0 Å². The van der Waals surface area contributed by atoms with Gasteiger partial charge in [0.05, 0.1) is 0 Å². The molecule has 27 heavy (non-hydrogen) atoms. The lowest BCUT2D eigenvalue weighted by atomic mass is 10.1. The molecule has 0 unspecified atom stereocenters. The van der Waals surface area contributed by atoms with Crippen LogP contribution < -0.4 is 9.47 Å². The van der Waals surface area contributed by atoms with Crippen molar-refractivity contribution < 1.29 is 23.0 Å². The van der Waals surface area contributed by atoms with Crippen LogP contribution in [0.4, 0.5) is 8.78 Å². The Morgan fingerprint density at radius 2 is 1.81 bits per heavy atom. The molecule has 140 valence electrons. The molecule has 0 amide bonds. The van der Waals surface area contributed by atoms with Gasteiger partial charge in [0, 0.05) is 11.8 Å². The SMILES string of the molecule is CC(=O)CCc1cc(F)c(OCc2cccc(Oc3ccsc3)c2)c(F)c1. The topological polar surface area (TPSA) is 35.5 Å². The lowest BCUT2D eigenvalue weighted by molar-refractivity contribution is -0.116. The zero-order valence-corrected chi connectivity index (χ0v) is 15.5. The third-order valence-electron chi connectivity index (χ3n) is 3.84. The molecule has 0 spiro atoms. The predicted octanol–water partition coefficient (Wildman–Crippen LogP) is 5.92. The summed E-state index contributed by atoms with van der Waals surface area (Å²) in [6.45, 7) is 1.45. The standard InChI is InChI=1S/C21H18F2O3S/c1-14(24)5-6-15-10-19(22)21(20(23)11-15)25-12-16-3-2-4-17(9-16)26-18-7-8-27-13-18/h2-4,7-11,13H,5-6,12H2,1H3. The van der Waals surface area contributed by atoms with Crippen molar-refractivity contribution in [1.82, 2.24) is 0 Å². The third kappa shape index (κ3) is 5.37. The quantitative estimate of drug-likeness (QED) is 0.481. The van der Waals surface area contributed by atoms with E-state index < -0.39 is 17.4 Å². The monoisotopic (exact) mass is 388 g/mol. The number of hydrogen-bond acceptors (Lipinski definition) is 4. The van der Waals surface area contributed by atoms with Gasteiger partial charge in [0.25, 0.3) is 0 Å². The van der Waals surface area contributed by atoms with Crippen molar-refractivity contribution in [2.75, 3.05) is 0 Å². The first-order valence-electron chi connectivity index (χ1n) is 8.40. The highest BCUT2D eigenvalue weighted by Crippen LogP contribution is 2.27. The Kier molecular flexibility index (Phi) is 6.19. The van der Waals surface area contributed by atoms with Gasteiger partial charge in [0.1, 0.15) is 23.9 Å². The van der Waals surface area contributed by atoms with Crippen molar-refractivity contribution in [2.45, 2.75) is 26.4 Å². The van der Waals surface area contributed by atoms with Crippen molar-refractivity contribution in [2.24, 2.45) is 0 Å². The zero-order chi connectivity index (χ0) is 19.2. The van der Waals surface area contributed by atoms with Crippen LogP contribution in [-0.4, -0.2) is 5.78 Å². The molecule has 0 aliphatic rings. The fourth-order valence-electron chi connectivity index (χ4n) is 2.52. The molecule has 0 aliphatic heterocycles. The van der Waals surface area contributed by atoms with Gasteiger partial charge in [-0.2, -0.15) is 0 Å². The lowest BCUT2D eigenvalue weighted by Crippen LogP contribution is -2.02. The number of carbonyl (C=O) groups is 1. The Bertz CT molecular complexity index is 900. The summed E-state index contributed by atoms with van der Waals surface area (Å²) in [6.07, 6.45) is 0.543. The summed E-state index contributed by atoms with van der Waals surface area (Å²) in [6, 6.07) is 11.4. The molecule has 0 aliphatic carbocycles. The van der Waals surface area contributed by atoms with Crippen molar-refractivity contribution in [3.05, 3.63) is 76.0 Å². The van der Waals surface area contributed by atoms with E-state index in [1.165, 1.54) is 30.4 Å². The van der Waals surface area contributed by atoms with Gasteiger partial charge < -0.3 is 14.3 Å². The summed E-state index contributed by atoms with van der Waals surface area (Å²) < 4.78 is 39.4. The number of thiophene rings is 1. The average Bonchev–Trinajstić information content (AvgIpc) is 3.12. The molecule has 3 rings (SSSR count). The Morgan fingerprint density at radius 3 is 2.48 bits per heavy atom. The Hall–Kier alpha value is -2.73. The van der Waals surface area contributed by atoms with Crippen molar-refractivity contribution >= 4 is 17.1 Å². The summed E-state index contributed by atoms with van der Waals surface area (Å²) in [5, 5.41) is 3.79. The molecule has 6 heteroatoms. The van der Waals surface area contributed by atoms with Gasteiger partial charge in [-0.15, -0.1) is 11.3 Å². The van der Waals surface area contributed by atoms with E-state index in [2.05, 4.69) is 0 Å². The molecule has 1 aromatic heterocycles. The van der Waals surface area contributed by atoms with Crippen LogP contribution in [0.2, 0.25) is 0 Å². The van der Waals surface area contributed by atoms with Crippen molar-refractivity contribution in [3.63, 3.8) is 0 Å². The van der Waals surface area contributed by atoms with Gasteiger partial charge in [-0.1, -0.05) is 12.1 Å². The number of carbonyl (C=O) groups excluding carboxylic acids is 1. The Morgan fingerprint density at radius 1 is 1.04 bits per heavy atom. The second-order valence-corrected chi connectivity index (χ2v) is 6.87. The summed E-state index contributed by atoms with van der Waals surface area (Å²) in [4.78, 5) is 11.0. The molecular weight excluding hydrogens is 370 g/mol. The second-order valence-electron chi connectivity index (χ2n) is 6.09. The number of ether oxygens (including phenoxy) is 2. The van der Waals surface area contributed by atoms with Crippen LogP contribution in [0.5, 0.6) is 17.2 Å². The summed E-state index contributed by atoms with van der Waals surface area (Å²) in [7, 11) is 0. The highest BCUT2D eigenvalue weighted by Gasteiger charge is 2.13. The van der Waals surface area contributed by atoms with E-state index in [0.717, 1.165) is 11.3 Å². The van der Waals surface area contributed by atoms with E-state index >= 15 is 0 Å². The zero-order valence-electron chi connectivity index (χ0n) is 14.7. The number of halogens is 2. The van der Waals surface area contributed by atoms with Crippen LogP contribution in [-0.2, 0) is 17.8 Å². The molecule has 0 atom stereocenters. The molecule has 0 saturated carbocycles. The summed E-state index contributed by atoms with van der Waals surface area (Å²) in [5.74, 6) is -0.656. The molecule has 0 radical (unpaired) electrons. The first-order chi connectivity index (χ1) is 13.0. The maximum absolute atomic E-state index is 14.2. The molecule has 3 aromatic rings. The minimum atomic E-state index is -0.778. The van der Waals surface area contributed by atoms with E-state index in [9.17, 15) is 13.6 Å². The first kappa shape index (κ1) is 19.0. The number of benzene rings is 2. The van der Waals surface area contributed by atoms with Gasteiger partial charge in [-0.05, 0) is 60.2 Å². The fraction of sp³-hybridized carbons (Fsp3) is 0.190. The maximum atomic E-state index is 14.2. The summed E-state index contributed by atoms with van der Waals surface area (Å²) >= 11 is 1.53. The fourth-order valence-corrected chi connectivity index (χ4v) is 3.07. The van der Waals surface area contributed by atoms with E-state index in [0.29, 0.717) is 17.7 Å². The van der Waals surface area contributed by atoms with E-state index in [-0.39, 0.29) is 18.8 Å². The van der Waals surface area contributed by atoms with Gasteiger partial charge in [-0.25, -0.2) is 8.78 Å². The molecule has 0 bridgehead atoms. The number of Topliss-reactive ketones (excluding diaryl/α,β-unsaturated/α-hetero) is 1. The smallest absolute Gasteiger partial charge is 0.191 e. The van der Waals surface area contributed by atoms with Crippen LogP contribution >= 0.6 is 11.3 Å². The predicted molar refractivity (Wildman–Crippen MR) is 101 cm³/mol. The number of aryl methyl sites for hydroxylation is 1. The van der Waals surface area contributed by atoms with Crippen molar-refractivity contribution in [3.8, 4) is 17.2 Å². The first-order valence-corrected chi connectivity index (χ1v) is 9.34. The van der Waals surface area contributed by atoms with E-state index in [4.69, 9.17) is 9.47 Å². The van der Waals surface area contributed by atoms with Gasteiger partial charge >= 0.3 is 0 Å². The highest BCUT2D eigenvalue weighted by atomic mass is 32.1. The van der Waals surface area contributed by atoms with Crippen LogP contribution in [0.1, 0.15) is 24.5 Å². The molecule has 3 nitrogen and oxygen atoms in total.